The topological polar surface area (TPSA) is 62.5 Å². The van der Waals surface area contributed by atoms with E-state index >= 15 is 0 Å². The summed E-state index contributed by atoms with van der Waals surface area (Å²) in [7, 11) is 0. The first-order valence-corrected chi connectivity index (χ1v) is 6.62. The highest BCUT2D eigenvalue weighted by molar-refractivity contribution is 6.29. The molecule has 0 atom stereocenters. The molecule has 1 aromatic heterocycles. The van der Waals surface area contributed by atoms with Crippen molar-refractivity contribution in [1.82, 2.24) is 5.32 Å². The standard InChI is InChI=1S/C13H18ClNO3/c1-9-4-6-13(17,7-5-9)8-15-12(16)10-2-3-11(14)18-10/h2-3,9,17H,4-8H2,1H3,(H,15,16). The van der Waals surface area contributed by atoms with Gasteiger partial charge in [-0.25, -0.2) is 0 Å². The maximum atomic E-state index is 11.7. The van der Waals surface area contributed by atoms with Gasteiger partial charge in [-0.3, -0.25) is 4.79 Å². The zero-order chi connectivity index (χ0) is 13.2. The number of aliphatic hydroxyl groups is 1. The molecule has 1 fully saturated rings. The van der Waals surface area contributed by atoms with Gasteiger partial charge in [-0.05, 0) is 55.3 Å². The van der Waals surface area contributed by atoms with E-state index in [4.69, 9.17) is 16.0 Å². The lowest BCUT2D eigenvalue weighted by Crippen LogP contribution is -2.45. The molecule has 1 aliphatic rings. The smallest absolute Gasteiger partial charge is 0.287 e. The molecule has 1 aliphatic carbocycles. The van der Waals surface area contributed by atoms with Crippen LogP contribution in [0.4, 0.5) is 0 Å². The molecule has 0 radical (unpaired) electrons. The maximum absolute atomic E-state index is 11.7. The second kappa shape index (κ2) is 5.33. The van der Waals surface area contributed by atoms with Crippen molar-refractivity contribution in [2.75, 3.05) is 6.54 Å². The first-order chi connectivity index (χ1) is 8.48. The van der Waals surface area contributed by atoms with Crippen molar-refractivity contribution in [3.05, 3.63) is 23.1 Å². The molecule has 0 bridgehead atoms. The number of furan rings is 1. The summed E-state index contributed by atoms with van der Waals surface area (Å²) in [4.78, 5) is 11.7. The van der Waals surface area contributed by atoms with Crippen molar-refractivity contribution in [1.29, 1.82) is 0 Å². The third kappa shape index (κ3) is 3.27. The maximum Gasteiger partial charge on any atom is 0.287 e. The Hall–Kier alpha value is -1.00. The molecule has 0 saturated heterocycles. The van der Waals surface area contributed by atoms with E-state index in [1.165, 1.54) is 12.1 Å². The van der Waals surface area contributed by atoms with Gasteiger partial charge < -0.3 is 14.8 Å². The molecule has 2 rings (SSSR count). The first kappa shape index (κ1) is 13.4. The van der Waals surface area contributed by atoms with Crippen LogP contribution < -0.4 is 5.32 Å². The van der Waals surface area contributed by atoms with Gasteiger partial charge in [0.25, 0.3) is 5.91 Å². The minimum absolute atomic E-state index is 0.174. The molecule has 0 spiro atoms. The molecule has 5 heteroatoms. The molecule has 0 unspecified atom stereocenters. The molecule has 1 heterocycles. The SMILES string of the molecule is CC1CCC(O)(CNC(=O)c2ccc(Cl)o2)CC1. The highest BCUT2D eigenvalue weighted by Crippen LogP contribution is 2.31. The highest BCUT2D eigenvalue weighted by atomic mass is 35.5. The van der Waals surface area contributed by atoms with Gasteiger partial charge in [0.1, 0.15) is 0 Å². The summed E-state index contributed by atoms with van der Waals surface area (Å²) >= 11 is 5.60. The number of hydrogen-bond acceptors (Lipinski definition) is 3. The van der Waals surface area contributed by atoms with Crippen molar-refractivity contribution >= 4 is 17.5 Å². The molecule has 0 aromatic carbocycles. The predicted molar refractivity (Wildman–Crippen MR) is 68.6 cm³/mol. The Labute approximate surface area is 111 Å². The van der Waals surface area contributed by atoms with Crippen LogP contribution in [-0.2, 0) is 0 Å². The Morgan fingerprint density at radius 2 is 2.22 bits per heavy atom. The Morgan fingerprint density at radius 1 is 1.56 bits per heavy atom. The van der Waals surface area contributed by atoms with Crippen molar-refractivity contribution < 1.29 is 14.3 Å². The van der Waals surface area contributed by atoms with Gasteiger partial charge in [-0.1, -0.05) is 6.92 Å². The second-order valence-corrected chi connectivity index (χ2v) is 5.57. The van der Waals surface area contributed by atoms with Crippen molar-refractivity contribution in [3.63, 3.8) is 0 Å². The predicted octanol–water partition coefficient (Wildman–Crippen LogP) is 2.60. The molecule has 2 N–H and O–H groups in total. The molecular weight excluding hydrogens is 254 g/mol. The van der Waals surface area contributed by atoms with E-state index in [0.29, 0.717) is 5.92 Å². The monoisotopic (exact) mass is 271 g/mol. The molecule has 18 heavy (non-hydrogen) atoms. The fraction of sp³-hybridized carbons (Fsp3) is 0.615. The van der Waals surface area contributed by atoms with E-state index in [-0.39, 0.29) is 23.4 Å². The van der Waals surface area contributed by atoms with Crippen LogP contribution >= 0.6 is 11.6 Å². The Balaban J connectivity index is 1.86. The van der Waals surface area contributed by atoms with E-state index < -0.39 is 5.60 Å². The summed E-state index contributed by atoms with van der Waals surface area (Å²) in [6, 6.07) is 3.04. The largest absolute Gasteiger partial charge is 0.440 e. The summed E-state index contributed by atoms with van der Waals surface area (Å²) < 4.78 is 5.01. The minimum Gasteiger partial charge on any atom is -0.440 e. The van der Waals surface area contributed by atoms with Gasteiger partial charge in [0.05, 0.1) is 5.60 Å². The Kier molecular flexibility index (Phi) is 3.97. The number of carbonyl (C=O) groups is 1. The van der Waals surface area contributed by atoms with Crippen LogP contribution in [0, 0.1) is 5.92 Å². The van der Waals surface area contributed by atoms with E-state index in [2.05, 4.69) is 12.2 Å². The fourth-order valence-corrected chi connectivity index (χ4v) is 2.39. The third-order valence-electron chi connectivity index (χ3n) is 3.58. The molecule has 100 valence electrons. The zero-order valence-corrected chi connectivity index (χ0v) is 11.2. The lowest BCUT2D eigenvalue weighted by Gasteiger charge is -2.34. The third-order valence-corrected chi connectivity index (χ3v) is 3.78. The van der Waals surface area contributed by atoms with Gasteiger partial charge in [0.2, 0.25) is 0 Å². The highest BCUT2D eigenvalue weighted by Gasteiger charge is 2.32. The molecular formula is C13H18ClNO3. The number of carbonyl (C=O) groups excluding carboxylic acids is 1. The van der Waals surface area contributed by atoms with Crippen LogP contribution in [0.5, 0.6) is 0 Å². The number of nitrogens with one attached hydrogen (secondary N) is 1. The van der Waals surface area contributed by atoms with Crippen molar-refractivity contribution in [3.8, 4) is 0 Å². The number of rotatable bonds is 3. The van der Waals surface area contributed by atoms with E-state index in [9.17, 15) is 9.90 Å². The first-order valence-electron chi connectivity index (χ1n) is 6.24. The summed E-state index contributed by atoms with van der Waals surface area (Å²) in [5.41, 5.74) is -0.779. The average Bonchev–Trinajstić information content (AvgIpc) is 2.77. The van der Waals surface area contributed by atoms with Crippen LogP contribution in [0.15, 0.2) is 16.5 Å². The molecule has 1 amide bonds. The van der Waals surface area contributed by atoms with Gasteiger partial charge in [-0.2, -0.15) is 0 Å². The summed E-state index contributed by atoms with van der Waals surface area (Å²) in [5, 5.41) is 13.2. The Bertz CT molecular complexity index is 422. The van der Waals surface area contributed by atoms with Gasteiger partial charge >= 0.3 is 0 Å². The van der Waals surface area contributed by atoms with E-state index in [0.717, 1.165) is 25.7 Å². The Morgan fingerprint density at radius 3 is 2.78 bits per heavy atom. The fourth-order valence-electron chi connectivity index (χ4n) is 2.24. The average molecular weight is 272 g/mol. The van der Waals surface area contributed by atoms with E-state index in [1.54, 1.807) is 0 Å². The van der Waals surface area contributed by atoms with Crippen LogP contribution in [-0.4, -0.2) is 23.2 Å². The van der Waals surface area contributed by atoms with Crippen molar-refractivity contribution in [2.24, 2.45) is 5.92 Å². The van der Waals surface area contributed by atoms with Crippen LogP contribution in [0.1, 0.15) is 43.2 Å². The van der Waals surface area contributed by atoms with Gasteiger partial charge in [0, 0.05) is 6.54 Å². The molecule has 1 aromatic rings. The summed E-state index contributed by atoms with van der Waals surface area (Å²) in [6.45, 7) is 2.44. The summed E-state index contributed by atoms with van der Waals surface area (Å²) in [6.07, 6.45) is 3.46. The zero-order valence-electron chi connectivity index (χ0n) is 10.4. The van der Waals surface area contributed by atoms with Crippen LogP contribution in [0.25, 0.3) is 0 Å². The second-order valence-electron chi connectivity index (χ2n) is 5.19. The molecule has 0 aliphatic heterocycles. The van der Waals surface area contributed by atoms with Gasteiger partial charge in [-0.15, -0.1) is 0 Å². The summed E-state index contributed by atoms with van der Waals surface area (Å²) in [5.74, 6) is 0.492. The van der Waals surface area contributed by atoms with E-state index in [1.807, 2.05) is 0 Å². The van der Waals surface area contributed by atoms with Gasteiger partial charge in [0.15, 0.2) is 11.0 Å². The van der Waals surface area contributed by atoms with Crippen LogP contribution in [0.3, 0.4) is 0 Å². The molecule has 1 saturated carbocycles. The molecule has 4 nitrogen and oxygen atoms in total. The normalized spacial score (nSPS) is 28.1. The van der Waals surface area contributed by atoms with Crippen molar-refractivity contribution in [2.45, 2.75) is 38.2 Å². The number of halogens is 1. The lowest BCUT2D eigenvalue weighted by atomic mass is 9.79. The lowest BCUT2D eigenvalue weighted by molar-refractivity contribution is -0.00558. The quantitative estimate of drug-likeness (QED) is 0.888. The minimum atomic E-state index is -0.779. The number of hydrogen-bond donors (Lipinski definition) is 2. The van der Waals surface area contributed by atoms with Crippen LogP contribution in [0.2, 0.25) is 5.22 Å². The number of amides is 1.